The van der Waals surface area contributed by atoms with Crippen molar-refractivity contribution >= 4 is 29.7 Å². The normalized spacial score (nSPS) is 24.9. The number of carbonyl (C=O) groups is 1. The number of aliphatic hydroxyl groups is 1. The van der Waals surface area contributed by atoms with Crippen LogP contribution in [0.1, 0.15) is 33.0 Å². The highest BCUT2D eigenvalue weighted by Gasteiger charge is 2.25. The summed E-state index contributed by atoms with van der Waals surface area (Å²) >= 11 is 1.64. The van der Waals surface area contributed by atoms with E-state index in [1.807, 2.05) is 0 Å². The summed E-state index contributed by atoms with van der Waals surface area (Å²) in [5, 5.41) is 15.8. The molecule has 2 atom stereocenters. The lowest BCUT2D eigenvalue weighted by Crippen LogP contribution is -2.34. The molecule has 1 saturated heterocycles. The first kappa shape index (κ1) is 15.8. The summed E-state index contributed by atoms with van der Waals surface area (Å²) in [6.07, 6.45) is 4.39. The van der Waals surface area contributed by atoms with Crippen molar-refractivity contribution in [2.45, 2.75) is 31.8 Å². The van der Waals surface area contributed by atoms with Gasteiger partial charge in [-0.1, -0.05) is 0 Å². The fourth-order valence-corrected chi connectivity index (χ4v) is 4.01. The molecule has 1 aromatic rings. The molecule has 2 heterocycles. The molecule has 20 heavy (non-hydrogen) atoms. The molecular weight excluding hydrogens is 296 g/mol. The molecule has 0 aromatic carbocycles. The average molecular weight is 317 g/mol. The smallest absolute Gasteiger partial charge is 0.261 e. The number of amides is 1. The van der Waals surface area contributed by atoms with E-state index in [1.54, 1.807) is 11.3 Å². The summed E-state index contributed by atoms with van der Waals surface area (Å²) in [5.41, 5.74) is 1.36. The van der Waals surface area contributed by atoms with E-state index in [2.05, 4.69) is 16.7 Å². The van der Waals surface area contributed by atoms with Crippen molar-refractivity contribution in [3.63, 3.8) is 0 Å². The van der Waals surface area contributed by atoms with Crippen LogP contribution in [0.15, 0.2) is 6.07 Å². The van der Waals surface area contributed by atoms with Gasteiger partial charge in [-0.2, -0.15) is 0 Å². The Hall–Kier alpha value is -0.620. The molecule has 1 fully saturated rings. The number of fused-ring (bicyclic) bond motifs is 1. The van der Waals surface area contributed by atoms with E-state index in [4.69, 9.17) is 0 Å². The molecule has 3 rings (SSSR count). The second-order valence-corrected chi connectivity index (χ2v) is 6.60. The minimum absolute atomic E-state index is 0. The topological polar surface area (TPSA) is 61.4 Å². The minimum atomic E-state index is -0.336. The molecule has 3 N–H and O–H groups in total. The summed E-state index contributed by atoms with van der Waals surface area (Å²) in [6, 6.07) is 2.05. The van der Waals surface area contributed by atoms with Gasteiger partial charge in [0.1, 0.15) is 0 Å². The molecule has 1 aliphatic heterocycles. The van der Waals surface area contributed by atoms with Crippen molar-refractivity contribution in [3.05, 3.63) is 21.4 Å². The quantitative estimate of drug-likeness (QED) is 0.789. The van der Waals surface area contributed by atoms with Crippen LogP contribution in [0.2, 0.25) is 0 Å². The fraction of sp³-hybridized carbons (Fsp3) is 0.643. The molecule has 0 radical (unpaired) electrons. The number of β-amino-alcohol motifs (C(OH)–C–C–N with tert-alkyl or cyclic N) is 1. The van der Waals surface area contributed by atoms with Crippen molar-refractivity contribution in [3.8, 4) is 0 Å². The first-order chi connectivity index (χ1) is 9.24. The largest absolute Gasteiger partial charge is 0.391 e. The summed E-state index contributed by atoms with van der Waals surface area (Å²) in [7, 11) is 0. The second kappa shape index (κ2) is 6.89. The third-order valence-corrected chi connectivity index (χ3v) is 5.29. The molecule has 1 aromatic heterocycles. The highest BCUT2D eigenvalue weighted by Crippen LogP contribution is 2.29. The highest BCUT2D eigenvalue weighted by atomic mass is 35.5. The SMILES string of the molecule is Cl.O=C(NCC1CNCC1O)c1cc2c(s1)CCCC2. The van der Waals surface area contributed by atoms with Gasteiger partial charge in [-0.3, -0.25) is 4.79 Å². The number of aliphatic hydroxyl groups excluding tert-OH is 1. The van der Waals surface area contributed by atoms with Gasteiger partial charge in [0, 0.05) is 30.4 Å². The van der Waals surface area contributed by atoms with Crippen molar-refractivity contribution < 1.29 is 9.90 Å². The average Bonchev–Trinajstić information content (AvgIpc) is 3.01. The molecule has 1 amide bonds. The number of rotatable bonds is 3. The number of hydrogen-bond acceptors (Lipinski definition) is 4. The molecule has 2 unspecified atom stereocenters. The zero-order valence-corrected chi connectivity index (χ0v) is 13.0. The molecule has 0 bridgehead atoms. The Balaban J connectivity index is 0.00000147. The molecule has 112 valence electrons. The predicted molar refractivity (Wildman–Crippen MR) is 82.9 cm³/mol. The number of aryl methyl sites for hydroxylation is 2. The molecule has 6 heteroatoms. The molecule has 0 saturated carbocycles. The lowest BCUT2D eigenvalue weighted by molar-refractivity contribution is 0.0931. The number of carbonyl (C=O) groups excluding carboxylic acids is 1. The van der Waals surface area contributed by atoms with Gasteiger partial charge in [-0.25, -0.2) is 0 Å². The number of nitrogens with one attached hydrogen (secondary N) is 2. The van der Waals surface area contributed by atoms with E-state index >= 15 is 0 Å². The number of halogens is 1. The fourth-order valence-electron chi connectivity index (χ4n) is 2.84. The van der Waals surface area contributed by atoms with Crippen molar-refractivity contribution in [2.24, 2.45) is 5.92 Å². The van der Waals surface area contributed by atoms with E-state index < -0.39 is 0 Å². The Morgan fingerprint density at radius 3 is 2.90 bits per heavy atom. The monoisotopic (exact) mass is 316 g/mol. The van der Waals surface area contributed by atoms with Crippen molar-refractivity contribution in [1.82, 2.24) is 10.6 Å². The van der Waals surface area contributed by atoms with Gasteiger partial charge in [0.25, 0.3) is 5.91 Å². The standard InChI is InChI=1S/C14H20N2O2S.ClH/c17-11-8-15-6-10(11)7-16-14(18)13-5-9-3-1-2-4-12(9)19-13;/h5,10-11,15,17H,1-4,6-8H2,(H,16,18);1H. The van der Waals surface area contributed by atoms with Gasteiger partial charge in [0.2, 0.25) is 0 Å². The predicted octanol–water partition coefficient (Wildman–Crippen LogP) is 1.36. The lowest BCUT2D eigenvalue weighted by Gasteiger charge is -2.13. The van der Waals surface area contributed by atoms with Crippen LogP contribution in [-0.4, -0.2) is 36.8 Å². The lowest BCUT2D eigenvalue weighted by atomic mass is 9.99. The van der Waals surface area contributed by atoms with Crippen LogP contribution >= 0.6 is 23.7 Å². The van der Waals surface area contributed by atoms with Crippen LogP contribution in [-0.2, 0) is 12.8 Å². The zero-order valence-electron chi connectivity index (χ0n) is 11.4. The van der Waals surface area contributed by atoms with Crippen LogP contribution in [0.25, 0.3) is 0 Å². The van der Waals surface area contributed by atoms with Crippen LogP contribution in [0.3, 0.4) is 0 Å². The van der Waals surface area contributed by atoms with Crippen LogP contribution in [0.4, 0.5) is 0 Å². The van der Waals surface area contributed by atoms with Crippen LogP contribution in [0, 0.1) is 5.92 Å². The van der Waals surface area contributed by atoms with Crippen LogP contribution in [0.5, 0.6) is 0 Å². The van der Waals surface area contributed by atoms with Gasteiger partial charge < -0.3 is 15.7 Å². The molecular formula is C14H21ClN2O2S. The third kappa shape index (κ3) is 3.34. The Bertz CT molecular complexity index is 454. The maximum absolute atomic E-state index is 12.1. The Kier molecular flexibility index (Phi) is 5.43. The molecule has 1 aliphatic carbocycles. The Labute approximate surface area is 129 Å². The van der Waals surface area contributed by atoms with E-state index in [0.717, 1.165) is 24.3 Å². The first-order valence-corrected chi connectivity index (χ1v) is 7.84. The Morgan fingerprint density at radius 1 is 1.40 bits per heavy atom. The van der Waals surface area contributed by atoms with E-state index in [9.17, 15) is 9.90 Å². The number of hydrogen-bond donors (Lipinski definition) is 3. The van der Waals surface area contributed by atoms with E-state index in [0.29, 0.717) is 13.1 Å². The highest BCUT2D eigenvalue weighted by molar-refractivity contribution is 7.14. The van der Waals surface area contributed by atoms with Crippen molar-refractivity contribution in [1.29, 1.82) is 0 Å². The van der Waals surface area contributed by atoms with E-state index in [-0.39, 0.29) is 30.3 Å². The molecule has 2 aliphatic rings. The Morgan fingerprint density at radius 2 is 2.20 bits per heavy atom. The van der Waals surface area contributed by atoms with Crippen molar-refractivity contribution in [2.75, 3.05) is 19.6 Å². The molecule has 4 nitrogen and oxygen atoms in total. The van der Waals surface area contributed by atoms with Crippen LogP contribution < -0.4 is 10.6 Å². The summed E-state index contributed by atoms with van der Waals surface area (Å²) in [6.45, 7) is 1.96. The second-order valence-electron chi connectivity index (χ2n) is 5.46. The first-order valence-electron chi connectivity index (χ1n) is 7.02. The van der Waals surface area contributed by atoms with E-state index in [1.165, 1.54) is 23.3 Å². The van der Waals surface area contributed by atoms with Gasteiger partial charge >= 0.3 is 0 Å². The van der Waals surface area contributed by atoms with Gasteiger partial charge in [0.15, 0.2) is 0 Å². The van der Waals surface area contributed by atoms with Gasteiger partial charge in [-0.15, -0.1) is 23.7 Å². The number of thiophene rings is 1. The summed E-state index contributed by atoms with van der Waals surface area (Å²) < 4.78 is 0. The molecule has 0 spiro atoms. The third-order valence-electron chi connectivity index (χ3n) is 4.05. The minimum Gasteiger partial charge on any atom is -0.391 e. The maximum Gasteiger partial charge on any atom is 0.261 e. The van der Waals surface area contributed by atoms with Gasteiger partial charge in [0.05, 0.1) is 11.0 Å². The summed E-state index contributed by atoms with van der Waals surface area (Å²) in [4.78, 5) is 14.3. The summed E-state index contributed by atoms with van der Waals surface area (Å²) in [5.74, 6) is 0.150. The van der Waals surface area contributed by atoms with Gasteiger partial charge in [-0.05, 0) is 37.3 Å². The zero-order chi connectivity index (χ0) is 13.2. The maximum atomic E-state index is 12.1.